The van der Waals surface area contributed by atoms with Crippen molar-refractivity contribution in [2.45, 2.75) is 51.6 Å². The van der Waals surface area contributed by atoms with Gasteiger partial charge in [-0.1, -0.05) is 20.8 Å². The molecule has 156 valence electrons. The molecular weight excluding hydrogens is 358 g/mol. The summed E-state index contributed by atoms with van der Waals surface area (Å²) in [7, 11) is 0. The van der Waals surface area contributed by atoms with Crippen LogP contribution < -0.4 is 10.9 Å². The van der Waals surface area contributed by atoms with E-state index in [1.54, 1.807) is 10.7 Å². The summed E-state index contributed by atoms with van der Waals surface area (Å²) >= 11 is 0. The number of carbonyl (C=O) groups is 1. The zero-order chi connectivity index (χ0) is 20.1. The lowest BCUT2D eigenvalue weighted by molar-refractivity contribution is 0.0759. The van der Waals surface area contributed by atoms with Crippen LogP contribution in [0.4, 0.5) is 4.79 Å². The van der Waals surface area contributed by atoms with E-state index in [9.17, 15) is 9.59 Å². The van der Waals surface area contributed by atoms with Crippen molar-refractivity contribution in [1.29, 1.82) is 0 Å². The van der Waals surface area contributed by atoms with Gasteiger partial charge in [0.15, 0.2) is 0 Å². The van der Waals surface area contributed by atoms with Crippen LogP contribution in [0.1, 0.15) is 39.3 Å². The second-order valence-electron chi connectivity index (χ2n) is 8.69. The largest absolute Gasteiger partial charge is 0.381 e. The minimum absolute atomic E-state index is 0.0299. The zero-order valence-corrected chi connectivity index (χ0v) is 17.3. The first-order valence-electron chi connectivity index (χ1n) is 10.3. The third-order valence-electron chi connectivity index (χ3n) is 5.47. The molecule has 0 saturated carbocycles. The van der Waals surface area contributed by atoms with E-state index in [0.717, 1.165) is 51.4 Å². The Balaban J connectivity index is 1.46. The molecule has 0 radical (unpaired) electrons. The number of nitrogens with one attached hydrogen (secondary N) is 1. The van der Waals surface area contributed by atoms with Crippen molar-refractivity contribution < 1.29 is 9.53 Å². The van der Waals surface area contributed by atoms with Gasteiger partial charge in [0.1, 0.15) is 0 Å². The normalized spacial score (nSPS) is 19.6. The van der Waals surface area contributed by atoms with Crippen LogP contribution in [0.5, 0.6) is 0 Å². The Morgan fingerprint density at radius 3 is 2.46 bits per heavy atom. The summed E-state index contributed by atoms with van der Waals surface area (Å²) in [5.74, 6) is 0. The molecule has 8 heteroatoms. The predicted octanol–water partition coefficient (Wildman–Crippen LogP) is 1.05. The lowest BCUT2D eigenvalue weighted by Crippen LogP contribution is -2.54. The Kier molecular flexibility index (Phi) is 6.72. The van der Waals surface area contributed by atoms with Crippen LogP contribution in [-0.4, -0.2) is 77.6 Å². The van der Waals surface area contributed by atoms with Gasteiger partial charge in [-0.25, -0.2) is 9.48 Å². The summed E-state index contributed by atoms with van der Waals surface area (Å²) in [6.07, 6.45) is 1.78. The molecule has 2 aliphatic heterocycles. The Hall–Kier alpha value is -1.93. The van der Waals surface area contributed by atoms with E-state index in [1.165, 1.54) is 0 Å². The minimum atomic E-state index is -0.0844. The van der Waals surface area contributed by atoms with Crippen LogP contribution in [0.25, 0.3) is 0 Å². The number of carbonyl (C=O) groups excluding carboxylic acids is 1. The molecule has 0 aromatic carbocycles. The van der Waals surface area contributed by atoms with Crippen molar-refractivity contribution in [3.63, 3.8) is 0 Å². The topological polar surface area (TPSA) is 79.7 Å². The third-order valence-corrected chi connectivity index (χ3v) is 5.47. The fourth-order valence-electron chi connectivity index (χ4n) is 3.53. The molecule has 0 bridgehead atoms. The van der Waals surface area contributed by atoms with E-state index in [1.807, 2.05) is 11.0 Å². The molecule has 1 aromatic heterocycles. The molecule has 8 nitrogen and oxygen atoms in total. The summed E-state index contributed by atoms with van der Waals surface area (Å²) < 4.78 is 6.90. The molecule has 0 spiro atoms. The molecule has 2 saturated heterocycles. The van der Waals surface area contributed by atoms with E-state index in [4.69, 9.17) is 4.74 Å². The number of hydrogen-bond acceptors (Lipinski definition) is 5. The highest BCUT2D eigenvalue weighted by atomic mass is 16.5. The molecule has 3 rings (SSSR count). The smallest absolute Gasteiger partial charge is 0.317 e. The van der Waals surface area contributed by atoms with E-state index in [-0.39, 0.29) is 23.0 Å². The Morgan fingerprint density at radius 1 is 1.14 bits per heavy atom. The van der Waals surface area contributed by atoms with Gasteiger partial charge in [-0.05, 0) is 18.9 Å². The first-order valence-corrected chi connectivity index (χ1v) is 10.3. The maximum absolute atomic E-state index is 12.4. The standard InChI is InChI=1S/C20H33N5O3/c1-20(2,3)17-4-5-18(26)25(22-17)13-10-23-8-11-24(12-9-23)19(27)21-16-6-14-28-15-7-16/h4-5,16H,6-15H2,1-3H3,(H,21,27). The van der Waals surface area contributed by atoms with Crippen molar-refractivity contribution >= 4 is 6.03 Å². The van der Waals surface area contributed by atoms with Crippen LogP contribution in [0.3, 0.4) is 0 Å². The highest BCUT2D eigenvalue weighted by Gasteiger charge is 2.24. The summed E-state index contributed by atoms with van der Waals surface area (Å²) in [6, 6.07) is 3.68. The molecule has 2 amide bonds. The number of rotatable bonds is 4. The highest BCUT2D eigenvalue weighted by Crippen LogP contribution is 2.18. The fraction of sp³-hybridized carbons (Fsp3) is 0.750. The van der Waals surface area contributed by atoms with Crippen molar-refractivity contribution in [2.24, 2.45) is 0 Å². The molecule has 28 heavy (non-hydrogen) atoms. The molecule has 0 aliphatic carbocycles. The van der Waals surface area contributed by atoms with Gasteiger partial charge in [-0.15, -0.1) is 0 Å². The average molecular weight is 392 g/mol. The first-order chi connectivity index (χ1) is 13.3. The third kappa shape index (κ3) is 5.54. The maximum atomic E-state index is 12.4. The molecule has 3 heterocycles. The van der Waals surface area contributed by atoms with Gasteiger partial charge in [-0.3, -0.25) is 9.69 Å². The quantitative estimate of drug-likeness (QED) is 0.830. The zero-order valence-electron chi connectivity index (χ0n) is 17.3. The van der Waals surface area contributed by atoms with Gasteiger partial charge in [0.25, 0.3) is 5.56 Å². The van der Waals surface area contributed by atoms with Crippen LogP contribution in [0, 0.1) is 0 Å². The summed E-state index contributed by atoms with van der Waals surface area (Å²) in [5.41, 5.74) is 0.767. The molecule has 0 atom stereocenters. The van der Waals surface area contributed by atoms with Crippen molar-refractivity contribution in [3.05, 3.63) is 28.2 Å². The number of nitrogens with zero attached hydrogens (tertiary/aromatic N) is 4. The molecule has 0 unspecified atom stereocenters. The molecular formula is C20H33N5O3. The summed E-state index contributed by atoms with van der Waals surface area (Å²) in [4.78, 5) is 28.7. The van der Waals surface area contributed by atoms with Crippen molar-refractivity contribution in [3.8, 4) is 0 Å². The Morgan fingerprint density at radius 2 is 1.82 bits per heavy atom. The first kappa shape index (κ1) is 20.8. The summed E-state index contributed by atoms with van der Waals surface area (Å²) in [6.45, 7) is 12.1. The molecule has 1 aromatic rings. The number of hydrogen-bond donors (Lipinski definition) is 1. The van der Waals surface area contributed by atoms with Gasteiger partial charge in [-0.2, -0.15) is 5.10 Å². The molecule has 2 fully saturated rings. The SMILES string of the molecule is CC(C)(C)c1ccc(=O)n(CCN2CCN(C(=O)NC3CCOCC3)CC2)n1. The van der Waals surface area contributed by atoms with Gasteiger partial charge < -0.3 is 15.0 Å². The van der Waals surface area contributed by atoms with Gasteiger partial charge in [0, 0.05) is 63.5 Å². The average Bonchev–Trinajstić information content (AvgIpc) is 2.67. The highest BCUT2D eigenvalue weighted by molar-refractivity contribution is 5.74. The van der Waals surface area contributed by atoms with Gasteiger partial charge in [0.2, 0.25) is 0 Å². The Bertz CT molecular complexity index is 713. The predicted molar refractivity (Wildman–Crippen MR) is 108 cm³/mol. The van der Waals surface area contributed by atoms with Gasteiger partial charge in [0.05, 0.1) is 12.2 Å². The fourth-order valence-corrected chi connectivity index (χ4v) is 3.53. The molecule has 1 N–H and O–H groups in total. The Labute approximate surface area is 166 Å². The second kappa shape index (κ2) is 9.05. The van der Waals surface area contributed by atoms with Crippen LogP contribution in [0.15, 0.2) is 16.9 Å². The van der Waals surface area contributed by atoms with Crippen molar-refractivity contribution in [2.75, 3.05) is 45.9 Å². The van der Waals surface area contributed by atoms with Crippen LogP contribution in [-0.2, 0) is 16.7 Å². The summed E-state index contributed by atoms with van der Waals surface area (Å²) in [5, 5.41) is 7.65. The lowest BCUT2D eigenvalue weighted by atomic mass is 9.92. The van der Waals surface area contributed by atoms with Gasteiger partial charge >= 0.3 is 6.03 Å². The van der Waals surface area contributed by atoms with E-state index in [0.29, 0.717) is 19.6 Å². The molecule has 2 aliphatic rings. The monoisotopic (exact) mass is 391 g/mol. The number of amides is 2. The van der Waals surface area contributed by atoms with E-state index in [2.05, 4.69) is 36.1 Å². The maximum Gasteiger partial charge on any atom is 0.317 e. The van der Waals surface area contributed by atoms with E-state index < -0.39 is 0 Å². The van der Waals surface area contributed by atoms with Crippen LogP contribution >= 0.6 is 0 Å². The van der Waals surface area contributed by atoms with E-state index >= 15 is 0 Å². The van der Waals surface area contributed by atoms with Crippen LogP contribution in [0.2, 0.25) is 0 Å². The number of urea groups is 1. The minimum Gasteiger partial charge on any atom is -0.381 e. The second-order valence-corrected chi connectivity index (χ2v) is 8.69. The number of aromatic nitrogens is 2. The number of ether oxygens (including phenoxy) is 1. The lowest BCUT2D eigenvalue weighted by Gasteiger charge is -2.36. The number of piperazine rings is 1. The van der Waals surface area contributed by atoms with Crippen molar-refractivity contribution in [1.82, 2.24) is 24.9 Å².